The van der Waals surface area contributed by atoms with Crippen molar-refractivity contribution in [2.75, 3.05) is 18.7 Å². The van der Waals surface area contributed by atoms with Gasteiger partial charge in [-0.1, -0.05) is 6.07 Å². The molecule has 0 fully saturated rings. The highest BCUT2D eigenvalue weighted by Gasteiger charge is 2.28. The number of pyridine rings is 1. The van der Waals surface area contributed by atoms with Gasteiger partial charge in [-0.25, -0.2) is 4.39 Å². The molecule has 1 heterocycles. The van der Waals surface area contributed by atoms with E-state index in [1.54, 1.807) is 33.0 Å². The second kappa shape index (κ2) is 8.75. The molecule has 1 aromatic carbocycles. The van der Waals surface area contributed by atoms with Gasteiger partial charge in [0.15, 0.2) is 0 Å². The Balaban J connectivity index is 1.99. The van der Waals surface area contributed by atoms with Crippen LogP contribution in [0.3, 0.4) is 0 Å². The first-order valence-electron chi connectivity index (χ1n) is 9.61. The number of benzene rings is 1. The zero-order valence-electron chi connectivity index (χ0n) is 16.8. The number of aryl methyl sites for hydroxylation is 1. The molecule has 0 spiro atoms. The van der Waals surface area contributed by atoms with Crippen molar-refractivity contribution in [2.45, 2.75) is 39.2 Å². The molecule has 7 nitrogen and oxygen atoms in total. The molecule has 1 aliphatic rings. The van der Waals surface area contributed by atoms with E-state index in [2.05, 4.69) is 10.6 Å². The molecule has 1 unspecified atom stereocenters. The van der Waals surface area contributed by atoms with E-state index in [-0.39, 0.29) is 30.4 Å². The molecule has 0 radical (unpaired) electrons. The quantitative estimate of drug-likeness (QED) is 0.487. The summed E-state index contributed by atoms with van der Waals surface area (Å²) >= 11 is 0. The van der Waals surface area contributed by atoms with E-state index in [9.17, 15) is 19.1 Å². The Hall–Kier alpha value is -2.71. The summed E-state index contributed by atoms with van der Waals surface area (Å²) in [6.45, 7) is 3.37. The summed E-state index contributed by atoms with van der Waals surface area (Å²) in [6, 6.07) is 4.72. The number of amides is 1. The van der Waals surface area contributed by atoms with E-state index in [0.29, 0.717) is 29.5 Å². The first kappa shape index (κ1) is 21.0. The Morgan fingerprint density at radius 3 is 2.76 bits per heavy atom. The van der Waals surface area contributed by atoms with E-state index >= 15 is 0 Å². The van der Waals surface area contributed by atoms with Crippen LogP contribution in [0.2, 0.25) is 0 Å². The molecule has 0 saturated carbocycles. The normalized spacial score (nSPS) is 13.8. The number of carbonyl (C=O) groups excluding carboxylic acids is 1. The van der Waals surface area contributed by atoms with Gasteiger partial charge in [-0.2, -0.15) is 0 Å². The average molecular weight is 403 g/mol. The third-order valence-electron chi connectivity index (χ3n) is 4.95. The minimum atomic E-state index is -0.643. The fraction of sp³-hybridized carbons (Fsp3) is 0.429. The fourth-order valence-corrected chi connectivity index (χ4v) is 3.54. The monoisotopic (exact) mass is 403 g/mol. The molecule has 3 rings (SSSR count). The highest BCUT2D eigenvalue weighted by Crippen LogP contribution is 2.30. The molecule has 1 amide bonds. The number of halogens is 1. The number of hydrogen-bond donors (Lipinski definition) is 3. The van der Waals surface area contributed by atoms with E-state index in [4.69, 9.17) is 4.74 Å². The standard InChI is InChI=1S/C21H26FN3O4/c1-12-7-8-17(16(22)9-12)24-19-18(20(27)23-11-29-10-13(2)26)14-5-4-6-15(14)21(28)25(19)3/h7-9,13,24,26H,4-6,10-11H2,1-3H3,(H,23,27). The van der Waals surface area contributed by atoms with Gasteiger partial charge in [0.2, 0.25) is 0 Å². The van der Waals surface area contributed by atoms with Crippen LogP contribution in [0.4, 0.5) is 15.9 Å². The van der Waals surface area contributed by atoms with Crippen LogP contribution in [0.15, 0.2) is 23.0 Å². The minimum absolute atomic E-state index is 0.0837. The van der Waals surface area contributed by atoms with Gasteiger partial charge in [0.25, 0.3) is 11.5 Å². The summed E-state index contributed by atoms with van der Waals surface area (Å²) in [5.41, 5.74) is 2.40. The third kappa shape index (κ3) is 4.49. The van der Waals surface area contributed by atoms with Crippen molar-refractivity contribution in [3.05, 3.63) is 56.6 Å². The van der Waals surface area contributed by atoms with Crippen molar-refractivity contribution in [2.24, 2.45) is 7.05 Å². The zero-order valence-corrected chi connectivity index (χ0v) is 16.8. The van der Waals surface area contributed by atoms with E-state index < -0.39 is 17.8 Å². The Morgan fingerprint density at radius 2 is 2.07 bits per heavy atom. The second-order valence-corrected chi connectivity index (χ2v) is 7.38. The maximum absolute atomic E-state index is 14.4. The lowest BCUT2D eigenvalue weighted by Crippen LogP contribution is -2.33. The molecular weight excluding hydrogens is 377 g/mol. The molecule has 2 aromatic rings. The lowest BCUT2D eigenvalue weighted by atomic mass is 10.0. The summed E-state index contributed by atoms with van der Waals surface area (Å²) < 4.78 is 21.0. The summed E-state index contributed by atoms with van der Waals surface area (Å²) in [6.07, 6.45) is 1.36. The number of anilines is 2. The van der Waals surface area contributed by atoms with E-state index in [1.807, 2.05) is 0 Å². The summed E-state index contributed by atoms with van der Waals surface area (Å²) in [7, 11) is 1.57. The van der Waals surface area contributed by atoms with Crippen LogP contribution < -0.4 is 16.2 Å². The lowest BCUT2D eigenvalue weighted by Gasteiger charge is -2.20. The van der Waals surface area contributed by atoms with Gasteiger partial charge in [-0.05, 0) is 56.4 Å². The second-order valence-electron chi connectivity index (χ2n) is 7.38. The number of nitrogens with one attached hydrogen (secondary N) is 2. The number of ether oxygens (including phenoxy) is 1. The van der Waals surface area contributed by atoms with Gasteiger partial charge in [0.05, 0.1) is 24.0 Å². The molecular formula is C21H26FN3O4. The Morgan fingerprint density at radius 1 is 1.34 bits per heavy atom. The van der Waals surface area contributed by atoms with Crippen LogP contribution in [0.1, 0.15) is 40.4 Å². The van der Waals surface area contributed by atoms with Crippen molar-refractivity contribution in [3.8, 4) is 0 Å². The van der Waals surface area contributed by atoms with Crippen molar-refractivity contribution in [3.63, 3.8) is 0 Å². The highest BCUT2D eigenvalue weighted by molar-refractivity contribution is 6.01. The van der Waals surface area contributed by atoms with Gasteiger partial charge in [0, 0.05) is 12.6 Å². The smallest absolute Gasteiger partial charge is 0.257 e. The van der Waals surface area contributed by atoms with E-state index in [0.717, 1.165) is 12.0 Å². The van der Waals surface area contributed by atoms with Crippen LogP contribution in [0, 0.1) is 12.7 Å². The minimum Gasteiger partial charge on any atom is -0.391 e. The molecule has 3 N–H and O–H groups in total. The number of nitrogens with zero attached hydrogens (tertiary/aromatic N) is 1. The first-order chi connectivity index (χ1) is 13.8. The van der Waals surface area contributed by atoms with Gasteiger partial charge < -0.3 is 20.5 Å². The topological polar surface area (TPSA) is 92.6 Å². The number of aliphatic hydroxyl groups is 1. The van der Waals surface area contributed by atoms with Crippen molar-refractivity contribution in [1.29, 1.82) is 0 Å². The van der Waals surface area contributed by atoms with Crippen molar-refractivity contribution >= 4 is 17.4 Å². The first-order valence-corrected chi connectivity index (χ1v) is 9.61. The Labute approximate surface area is 168 Å². The summed E-state index contributed by atoms with van der Waals surface area (Å²) in [5, 5.41) is 14.9. The van der Waals surface area contributed by atoms with Crippen molar-refractivity contribution in [1.82, 2.24) is 9.88 Å². The highest BCUT2D eigenvalue weighted by atomic mass is 19.1. The summed E-state index contributed by atoms with van der Waals surface area (Å²) in [4.78, 5) is 25.7. The average Bonchev–Trinajstić information content (AvgIpc) is 3.14. The van der Waals surface area contributed by atoms with Crippen LogP contribution in [-0.4, -0.2) is 35.0 Å². The predicted octanol–water partition coefficient (Wildman–Crippen LogP) is 2.15. The SMILES string of the molecule is Cc1ccc(Nc2c(C(=O)NCOCC(C)O)c3c(c(=O)n2C)CCC3)c(F)c1. The Bertz CT molecular complexity index is 985. The lowest BCUT2D eigenvalue weighted by molar-refractivity contribution is 0.0356. The maximum Gasteiger partial charge on any atom is 0.257 e. The van der Waals surface area contributed by atoms with Crippen molar-refractivity contribution < 1.29 is 19.0 Å². The number of rotatable bonds is 7. The third-order valence-corrected chi connectivity index (χ3v) is 4.95. The van der Waals surface area contributed by atoms with Gasteiger partial charge in [-0.15, -0.1) is 0 Å². The van der Waals surface area contributed by atoms with Crippen LogP contribution >= 0.6 is 0 Å². The molecule has 8 heteroatoms. The van der Waals surface area contributed by atoms with Crippen LogP contribution in [-0.2, 0) is 24.6 Å². The molecule has 29 heavy (non-hydrogen) atoms. The number of hydrogen-bond acceptors (Lipinski definition) is 5. The Kier molecular flexibility index (Phi) is 6.34. The largest absolute Gasteiger partial charge is 0.391 e. The molecule has 1 atom stereocenters. The van der Waals surface area contributed by atoms with Crippen LogP contribution in [0.25, 0.3) is 0 Å². The van der Waals surface area contributed by atoms with Gasteiger partial charge >= 0.3 is 0 Å². The molecule has 0 bridgehead atoms. The number of fused-ring (bicyclic) bond motifs is 1. The number of aromatic nitrogens is 1. The van der Waals surface area contributed by atoms with E-state index in [1.165, 1.54) is 10.6 Å². The van der Waals surface area contributed by atoms with Crippen LogP contribution in [0.5, 0.6) is 0 Å². The number of carbonyl (C=O) groups is 1. The summed E-state index contributed by atoms with van der Waals surface area (Å²) in [5.74, 6) is -0.643. The molecule has 0 aliphatic heterocycles. The molecule has 0 saturated heterocycles. The predicted molar refractivity (Wildman–Crippen MR) is 108 cm³/mol. The molecule has 156 valence electrons. The molecule has 1 aromatic heterocycles. The van der Waals surface area contributed by atoms with Gasteiger partial charge in [-0.3, -0.25) is 14.2 Å². The zero-order chi connectivity index (χ0) is 21.1. The molecule has 1 aliphatic carbocycles. The fourth-order valence-electron chi connectivity index (χ4n) is 3.54. The van der Waals surface area contributed by atoms with Gasteiger partial charge in [0.1, 0.15) is 18.4 Å². The number of aliphatic hydroxyl groups excluding tert-OH is 1. The maximum atomic E-state index is 14.4.